The van der Waals surface area contributed by atoms with Gasteiger partial charge in [-0.1, -0.05) is 30.3 Å². The highest BCUT2D eigenvalue weighted by Gasteiger charge is 2.27. The average Bonchev–Trinajstić information content (AvgIpc) is 2.65. The molecule has 0 radical (unpaired) electrons. The van der Waals surface area contributed by atoms with E-state index < -0.39 is 12.1 Å². The molecular formula is C20H20N2O4. The first kappa shape index (κ1) is 17.7. The molecule has 2 aromatic rings. The van der Waals surface area contributed by atoms with Gasteiger partial charge in [-0.25, -0.2) is 4.79 Å². The maximum Gasteiger partial charge on any atom is 0.339 e. The molecule has 1 heterocycles. The number of carbonyl (C=O) groups is 3. The van der Waals surface area contributed by atoms with Gasteiger partial charge in [-0.3, -0.25) is 9.59 Å². The lowest BCUT2D eigenvalue weighted by Crippen LogP contribution is -2.31. The van der Waals surface area contributed by atoms with E-state index in [-0.39, 0.29) is 11.8 Å². The lowest BCUT2D eigenvalue weighted by atomic mass is 10.0. The molecule has 0 bridgehead atoms. The van der Waals surface area contributed by atoms with Crippen molar-refractivity contribution in [1.29, 1.82) is 0 Å². The molecule has 6 nitrogen and oxygen atoms in total. The highest BCUT2D eigenvalue weighted by molar-refractivity contribution is 5.97. The van der Waals surface area contributed by atoms with Crippen molar-refractivity contribution in [2.75, 3.05) is 19.4 Å². The summed E-state index contributed by atoms with van der Waals surface area (Å²) < 4.78 is 5.54. The molecule has 0 aromatic heterocycles. The molecule has 26 heavy (non-hydrogen) atoms. The van der Waals surface area contributed by atoms with Crippen LogP contribution in [0.5, 0.6) is 0 Å². The van der Waals surface area contributed by atoms with Crippen molar-refractivity contribution < 1.29 is 19.1 Å². The fraction of sp³-hybridized carbons (Fsp3) is 0.250. The van der Waals surface area contributed by atoms with Gasteiger partial charge in [0.05, 0.1) is 5.56 Å². The topological polar surface area (TPSA) is 75.7 Å². The fourth-order valence-electron chi connectivity index (χ4n) is 2.81. The van der Waals surface area contributed by atoms with E-state index >= 15 is 0 Å². The predicted octanol–water partition coefficient (Wildman–Crippen LogP) is 2.56. The summed E-state index contributed by atoms with van der Waals surface area (Å²) in [5.74, 6) is -0.919. The number of ether oxygens (including phenoxy) is 1. The molecule has 2 amide bonds. The van der Waals surface area contributed by atoms with Gasteiger partial charge >= 0.3 is 5.97 Å². The average molecular weight is 352 g/mol. The van der Waals surface area contributed by atoms with Crippen molar-refractivity contribution in [2.45, 2.75) is 18.9 Å². The summed E-state index contributed by atoms with van der Waals surface area (Å²) in [7, 11) is 3.24. The van der Waals surface area contributed by atoms with Crippen LogP contribution in [0.4, 0.5) is 5.69 Å². The van der Waals surface area contributed by atoms with Crippen molar-refractivity contribution in [1.82, 2.24) is 4.90 Å². The SMILES string of the molecule is CN(C)C(=O)[C@@H](OC(=O)c1ccc2c(c1)CCC(=O)N2)c1ccccc1. The molecule has 3 rings (SSSR count). The van der Waals surface area contributed by atoms with Crippen molar-refractivity contribution >= 4 is 23.5 Å². The van der Waals surface area contributed by atoms with E-state index in [9.17, 15) is 14.4 Å². The largest absolute Gasteiger partial charge is 0.444 e. The summed E-state index contributed by atoms with van der Waals surface area (Å²) in [6.07, 6.45) is -0.0485. The Morgan fingerprint density at radius 2 is 1.81 bits per heavy atom. The van der Waals surface area contributed by atoms with Crippen LogP contribution in [-0.4, -0.2) is 36.8 Å². The zero-order chi connectivity index (χ0) is 18.7. The summed E-state index contributed by atoms with van der Waals surface area (Å²) in [6.45, 7) is 0. The first-order valence-electron chi connectivity index (χ1n) is 8.35. The van der Waals surface area contributed by atoms with Crippen LogP contribution in [0.15, 0.2) is 48.5 Å². The molecule has 2 aromatic carbocycles. The van der Waals surface area contributed by atoms with Crippen LogP contribution in [0.1, 0.15) is 34.0 Å². The third kappa shape index (κ3) is 3.74. The van der Waals surface area contributed by atoms with Crippen LogP contribution in [-0.2, 0) is 20.7 Å². The zero-order valence-electron chi connectivity index (χ0n) is 14.7. The third-order valence-corrected chi connectivity index (χ3v) is 4.23. The highest BCUT2D eigenvalue weighted by atomic mass is 16.5. The van der Waals surface area contributed by atoms with Crippen LogP contribution in [0.25, 0.3) is 0 Å². The standard InChI is InChI=1S/C20H20N2O4/c1-22(2)19(24)18(13-6-4-3-5-7-13)26-20(25)15-8-10-16-14(12-15)9-11-17(23)21-16/h3-8,10,12,18H,9,11H2,1-2H3,(H,21,23)/t18-/m0/s1. The molecule has 1 aliphatic heterocycles. The monoisotopic (exact) mass is 352 g/mol. The maximum absolute atomic E-state index is 12.6. The lowest BCUT2D eigenvalue weighted by Gasteiger charge is -2.22. The Morgan fingerprint density at radius 3 is 2.50 bits per heavy atom. The number of benzene rings is 2. The molecule has 0 fully saturated rings. The van der Waals surface area contributed by atoms with Gasteiger partial charge in [-0.15, -0.1) is 0 Å². The molecular weight excluding hydrogens is 332 g/mol. The normalized spacial score (nSPS) is 14.0. The first-order valence-corrected chi connectivity index (χ1v) is 8.35. The number of likely N-dealkylation sites (N-methyl/N-ethyl adjacent to an activating group) is 1. The molecule has 1 aliphatic rings. The Hall–Kier alpha value is -3.15. The molecule has 1 atom stereocenters. The maximum atomic E-state index is 12.6. The molecule has 0 saturated carbocycles. The number of anilines is 1. The van der Waals surface area contributed by atoms with Gasteiger partial charge < -0.3 is 15.0 Å². The molecule has 0 unspecified atom stereocenters. The highest BCUT2D eigenvalue weighted by Crippen LogP contribution is 2.26. The van der Waals surface area contributed by atoms with Gasteiger partial charge in [0.1, 0.15) is 0 Å². The minimum atomic E-state index is -1.01. The Labute approximate surface area is 151 Å². The smallest absolute Gasteiger partial charge is 0.339 e. The van der Waals surface area contributed by atoms with Gasteiger partial charge in [0.2, 0.25) is 12.0 Å². The minimum Gasteiger partial charge on any atom is -0.444 e. The van der Waals surface area contributed by atoms with Gasteiger partial charge in [0.15, 0.2) is 0 Å². The quantitative estimate of drug-likeness (QED) is 0.858. The summed E-state index contributed by atoms with van der Waals surface area (Å²) >= 11 is 0. The van der Waals surface area contributed by atoms with Crippen molar-refractivity contribution in [3.63, 3.8) is 0 Å². The van der Waals surface area contributed by atoms with Crippen LogP contribution in [0, 0.1) is 0 Å². The van der Waals surface area contributed by atoms with E-state index in [2.05, 4.69) is 5.32 Å². The number of hydrogen-bond donors (Lipinski definition) is 1. The Balaban J connectivity index is 1.84. The summed E-state index contributed by atoms with van der Waals surface area (Å²) in [6, 6.07) is 13.9. The second-order valence-electron chi connectivity index (χ2n) is 6.35. The second-order valence-corrected chi connectivity index (χ2v) is 6.35. The summed E-state index contributed by atoms with van der Waals surface area (Å²) in [5, 5.41) is 2.77. The molecule has 134 valence electrons. The fourth-order valence-corrected chi connectivity index (χ4v) is 2.81. The van der Waals surface area contributed by atoms with E-state index in [4.69, 9.17) is 4.74 Å². The number of hydrogen-bond acceptors (Lipinski definition) is 4. The summed E-state index contributed by atoms with van der Waals surface area (Å²) in [4.78, 5) is 37.9. The predicted molar refractivity (Wildman–Crippen MR) is 96.7 cm³/mol. The van der Waals surface area contributed by atoms with Crippen LogP contribution < -0.4 is 5.32 Å². The first-order chi connectivity index (χ1) is 12.5. The Bertz CT molecular complexity index is 846. The van der Waals surface area contributed by atoms with E-state index in [0.717, 1.165) is 5.56 Å². The van der Waals surface area contributed by atoms with E-state index in [1.165, 1.54) is 4.90 Å². The Kier molecular flexibility index (Phi) is 5.02. The number of aryl methyl sites for hydroxylation is 1. The van der Waals surface area contributed by atoms with Gasteiger partial charge in [0, 0.05) is 31.8 Å². The molecule has 0 aliphatic carbocycles. The van der Waals surface area contributed by atoms with Crippen molar-refractivity contribution in [3.8, 4) is 0 Å². The van der Waals surface area contributed by atoms with Gasteiger partial charge in [-0.05, 0) is 30.2 Å². The lowest BCUT2D eigenvalue weighted by molar-refractivity contribution is -0.138. The third-order valence-electron chi connectivity index (χ3n) is 4.23. The number of rotatable bonds is 4. The number of nitrogens with one attached hydrogen (secondary N) is 1. The van der Waals surface area contributed by atoms with Crippen molar-refractivity contribution in [3.05, 3.63) is 65.2 Å². The number of esters is 1. The number of carbonyl (C=O) groups excluding carboxylic acids is 3. The van der Waals surface area contributed by atoms with E-state index in [0.29, 0.717) is 29.7 Å². The van der Waals surface area contributed by atoms with Crippen LogP contribution in [0.3, 0.4) is 0 Å². The summed E-state index contributed by atoms with van der Waals surface area (Å²) in [5.41, 5.74) is 2.56. The van der Waals surface area contributed by atoms with Gasteiger partial charge in [-0.2, -0.15) is 0 Å². The molecule has 6 heteroatoms. The number of nitrogens with zero attached hydrogens (tertiary/aromatic N) is 1. The van der Waals surface area contributed by atoms with Crippen LogP contribution >= 0.6 is 0 Å². The zero-order valence-corrected chi connectivity index (χ0v) is 14.7. The van der Waals surface area contributed by atoms with E-state index in [1.54, 1.807) is 56.6 Å². The molecule has 1 N–H and O–H groups in total. The number of fused-ring (bicyclic) bond motifs is 1. The van der Waals surface area contributed by atoms with Gasteiger partial charge in [0.25, 0.3) is 5.91 Å². The minimum absolute atomic E-state index is 0.0338. The number of amides is 2. The van der Waals surface area contributed by atoms with E-state index in [1.807, 2.05) is 6.07 Å². The molecule has 0 saturated heterocycles. The second kappa shape index (κ2) is 7.39. The molecule has 0 spiro atoms. The van der Waals surface area contributed by atoms with Crippen LogP contribution in [0.2, 0.25) is 0 Å². The Morgan fingerprint density at radius 1 is 1.08 bits per heavy atom. The van der Waals surface area contributed by atoms with Crippen molar-refractivity contribution in [2.24, 2.45) is 0 Å².